The topological polar surface area (TPSA) is 129 Å². The molecular formula is C38H42MgN4O5-2. The van der Waals surface area contributed by atoms with Crippen molar-refractivity contribution in [1.82, 2.24) is 15.0 Å². The second-order valence-electron chi connectivity index (χ2n) is 13.1. The molecule has 2 aliphatic heterocycles. The van der Waals surface area contributed by atoms with E-state index in [4.69, 9.17) is 29.7 Å². The molecule has 9 nitrogen and oxygen atoms in total. The summed E-state index contributed by atoms with van der Waals surface area (Å²) < 4.78 is 10.7. The molecule has 0 saturated carbocycles. The van der Waals surface area contributed by atoms with Crippen LogP contribution >= 0.6 is 0 Å². The van der Waals surface area contributed by atoms with Crippen LogP contribution in [-0.2, 0) is 25.5 Å². The van der Waals surface area contributed by atoms with Crippen LogP contribution in [0.4, 0.5) is 0 Å². The Morgan fingerprint density at radius 2 is 1.69 bits per heavy atom. The van der Waals surface area contributed by atoms with Gasteiger partial charge in [-0.15, -0.1) is 33.5 Å². The molecule has 3 aromatic heterocycles. The van der Waals surface area contributed by atoms with Gasteiger partial charge >= 0.3 is 35.0 Å². The second-order valence-corrected chi connectivity index (χ2v) is 13.1. The maximum Gasteiger partial charge on any atom is 2.00 e. The Balaban J connectivity index is 0.00000451. The molecule has 248 valence electrons. The number of aliphatic hydroxyl groups excluding tert-OH is 1. The number of ether oxygens (including phenoxy) is 2. The molecule has 0 unspecified atom stereocenters. The molecule has 5 heterocycles. The minimum absolute atomic E-state index is 0. The third-order valence-corrected chi connectivity index (χ3v) is 9.97. The molecule has 8 bridgehead atoms. The minimum Gasteiger partial charge on any atom is -0.664 e. The first-order valence-electron chi connectivity index (χ1n) is 16.3. The van der Waals surface area contributed by atoms with Gasteiger partial charge in [-0.3, -0.25) is 9.59 Å². The maximum atomic E-state index is 13.3. The average Bonchev–Trinajstić information content (AvgIpc) is 3.79. The van der Waals surface area contributed by atoms with E-state index in [1.54, 1.807) is 0 Å². The molecule has 1 saturated heterocycles. The van der Waals surface area contributed by atoms with Gasteiger partial charge < -0.3 is 34.8 Å². The summed E-state index contributed by atoms with van der Waals surface area (Å²) in [5.41, 5.74) is 10.8. The summed E-state index contributed by atoms with van der Waals surface area (Å²) in [5, 5.41) is 18.4. The van der Waals surface area contributed by atoms with Gasteiger partial charge in [-0.25, -0.2) is 0 Å². The number of rotatable bonds is 7. The number of nitrogens with zero attached hydrogens (tertiary/aromatic N) is 4. The van der Waals surface area contributed by atoms with Crippen LogP contribution in [0, 0.1) is 38.5 Å². The van der Waals surface area contributed by atoms with Crippen LogP contribution in [0.2, 0.25) is 0 Å². The smallest absolute Gasteiger partial charge is 0.664 e. The Kier molecular flexibility index (Phi) is 10.4. The molecule has 10 heteroatoms. The number of carbonyl (C=O) groups is 2. The van der Waals surface area contributed by atoms with E-state index >= 15 is 0 Å². The van der Waals surface area contributed by atoms with Gasteiger partial charge in [0.15, 0.2) is 0 Å². The van der Waals surface area contributed by atoms with Gasteiger partial charge in [-0.05, 0) is 70.9 Å². The van der Waals surface area contributed by atoms with Crippen molar-refractivity contribution in [3.05, 3.63) is 95.7 Å². The predicted octanol–water partition coefficient (Wildman–Crippen LogP) is 4.15. The molecule has 0 radical (unpaired) electrons. The van der Waals surface area contributed by atoms with E-state index in [-0.39, 0.29) is 53.9 Å². The first-order chi connectivity index (χ1) is 22.4. The maximum absolute atomic E-state index is 13.3. The number of methoxy groups -OCH3 is 1. The summed E-state index contributed by atoms with van der Waals surface area (Å²) >= 11 is 0. The van der Waals surface area contributed by atoms with Crippen molar-refractivity contribution in [3.8, 4) is 0 Å². The van der Waals surface area contributed by atoms with Crippen molar-refractivity contribution in [3.63, 3.8) is 0 Å². The number of fused-ring (bicyclic) bond motifs is 7. The summed E-state index contributed by atoms with van der Waals surface area (Å²) in [6.07, 6.45) is 8.14. The SMILES string of the molecule is CCc1c2[n-]c(c1C)/C=C1\[N-]/C(=C3\c4[n-]c(cc4[C@H](O)[C@@H]3C(=O)OC)/C=c3\[n-]/c(c(C)c3C)=C\2)[C@@H](CCC(=O)OCC=C(C)C)[C@@H]1C.[Mg+2]. The van der Waals surface area contributed by atoms with Gasteiger partial charge in [0.25, 0.3) is 0 Å². The zero-order valence-electron chi connectivity index (χ0n) is 29.1. The Bertz CT molecular complexity index is 1980. The van der Waals surface area contributed by atoms with Crippen molar-refractivity contribution in [2.24, 2.45) is 17.8 Å². The number of aromatic nitrogens is 3. The van der Waals surface area contributed by atoms with Crippen LogP contribution in [0.25, 0.3) is 29.1 Å². The van der Waals surface area contributed by atoms with E-state index in [2.05, 4.69) is 33.8 Å². The van der Waals surface area contributed by atoms with Crippen LogP contribution in [0.1, 0.15) is 97.2 Å². The van der Waals surface area contributed by atoms with Gasteiger partial charge in [0.05, 0.1) is 13.2 Å². The van der Waals surface area contributed by atoms with Crippen LogP contribution in [0.3, 0.4) is 0 Å². The minimum atomic E-state index is -1.16. The molecule has 4 atom stereocenters. The fraction of sp³-hybridized carbons (Fsp3) is 0.421. The molecule has 48 heavy (non-hydrogen) atoms. The summed E-state index contributed by atoms with van der Waals surface area (Å²) in [6, 6.07) is 1.82. The Morgan fingerprint density at radius 3 is 2.35 bits per heavy atom. The number of carbonyl (C=O) groups excluding carboxylic acids is 2. The Hall–Kier alpha value is -3.73. The number of hydrogen-bond acceptors (Lipinski definition) is 5. The van der Waals surface area contributed by atoms with Gasteiger partial charge in [0.1, 0.15) is 12.5 Å². The van der Waals surface area contributed by atoms with Gasteiger partial charge in [0, 0.05) is 6.42 Å². The van der Waals surface area contributed by atoms with Crippen molar-refractivity contribution in [2.45, 2.75) is 73.8 Å². The molecule has 0 amide bonds. The number of esters is 2. The Labute approximate surface area is 297 Å². The van der Waals surface area contributed by atoms with E-state index in [0.29, 0.717) is 34.6 Å². The summed E-state index contributed by atoms with van der Waals surface area (Å²) in [6.45, 7) is 14.5. The zero-order valence-corrected chi connectivity index (χ0v) is 30.5. The van der Waals surface area contributed by atoms with Gasteiger partial charge in [-0.1, -0.05) is 71.5 Å². The van der Waals surface area contributed by atoms with Crippen molar-refractivity contribution >= 4 is 58.8 Å². The van der Waals surface area contributed by atoms with Crippen LogP contribution < -0.4 is 25.7 Å². The predicted molar refractivity (Wildman–Crippen MR) is 186 cm³/mol. The van der Waals surface area contributed by atoms with E-state index in [1.165, 1.54) is 7.11 Å². The third-order valence-electron chi connectivity index (χ3n) is 9.97. The largest absolute Gasteiger partial charge is 2.00 e. The van der Waals surface area contributed by atoms with Gasteiger partial charge in [0.2, 0.25) is 0 Å². The summed E-state index contributed by atoms with van der Waals surface area (Å²) in [4.78, 5) is 41.1. The summed E-state index contributed by atoms with van der Waals surface area (Å²) in [5.74, 6) is -2.22. The monoisotopic (exact) mass is 658 g/mol. The molecule has 0 spiro atoms. The molecular weight excluding hydrogens is 617 g/mol. The Morgan fingerprint density at radius 1 is 0.979 bits per heavy atom. The fourth-order valence-electron chi connectivity index (χ4n) is 7.04. The van der Waals surface area contributed by atoms with Crippen LogP contribution in [0.5, 0.6) is 0 Å². The molecule has 3 aliphatic rings. The molecule has 3 aromatic rings. The molecule has 1 fully saturated rings. The van der Waals surface area contributed by atoms with Gasteiger partial charge in [-0.2, -0.15) is 11.4 Å². The third kappa shape index (κ3) is 6.26. The number of aliphatic hydroxyl groups is 1. The van der Waals surface area contributed by atoms with E-state index in [9.17, 15) is 14.7 Å². The van der Waals surface area contributed by atoms with Crippen molar-refractivity contribution in [1.29, 1.82) is 0 Å². The second kappa shape index (κ2) is 14.0. The standard InChI is InChI=1S/C38H42N4O5.Mg/c1-9-24-21(6)29-16-30-22(7)25(10-11-32(43)47-13-12-18(2)3)35(42-30)33-34(38(45)46-8)37(44)26-14-23(39-36(26)33)15-27-19(4)20(5)28(40-27)17-31(24)41-29;/h12,14-17,22,25,34,37,44H,9-11,13H2,1-8H3;/q-4;+2/b27-15-,28-17-,30-16-,35-33-;/t22-,25-,34+,37-;/m0./s1. The normalized spacial score (nSPS) is 24.6. The average molecular weight is 659 g/mol. The van der Waals surface area contributed by atoms with E-state index in [1.807, 2.05) is 45.1 Å². The van der Waals surface area contributed by atoms with Crippen molar-refractivity contribution < 1.29 is 24.2 Å². The molecule has 1 aliphatic carbocycles. The molecule has 6 rings (SSSR count). The molecule has 1 N–H and O–H groups in total. The summed E-state index contributed by atoms with van der Waals surface area (Å²) in [7, 11) is 1.32. The van der Waals surface area contributed by atoms with Crippen LogP contribution in [0.15, 0.2) is 29.1 Å². The first kappa shape index (κ1) is 35.6. The first-order valence-corrected chi connectivity index (χ1v) is 16.3. The van der Waals surface area contributed by atoms with E-state index in [0.717, 1.165) is 62.0 Å². The fourth-order valence-corrected chi connectivity index (χ4v) is 7.04. The van der Waals surface area contributed by atoms with E-state index < -0.39 is 18.0 Å². The molecule has 0 aromatic carbocycles. The van der Waals surface area contributed by atoms with Crippen molar-refractivity contribution in [2.75, 3.05) is 13.7 Å². The number of hydrogen-bond donors (Lipinski definition) is 1. The number of allylic oxidation sites excluding steroid dienone is 3. The quantitative estimate of drug-likeness (QED) is 0.228. The van der Waals surface area contributed by atoms with Crippen LogP contribution in [-0.4, -0.2) is 53.8 Å². The zero-order chi connectivity index (χ0) is 33.7.